The molecule has 1 aromatic heterocycles. The fraction of sp³-hybridized carbons (Fsp3) is 0.700. The molecule has 1 rings (SSSR count). The van der Waals surface area contributed by atoms with Crippen molar-refractivity contribution >= 4 is 0 Å². The molecule has 0 radical (unpaired) electrons. The summed E-state index contributed by atoms with van der Waals surface area (Å²) < 4.78 is 2.23. The molecule has 1 aromatic rings. The minimum Gasteiger partial charge on any atom is -1.00 e. The van der Waals surface area contributed by atoms with Crippen LogP contribution in [-0.2, 0) is 6.54 Å². The van der Waals surface area contributed by atoms with Crippen LogP contribution in [0, 0.1) is 6.92 Å². The van der Waals surface area contributed by atoms with Crippen molar-refractivity contribution in [1.82, 2.24) is 4.98 Å². The summed E-state index contributed by atoms with van der Waals surface area (Å²) in [4.78, 5) is 3.17. The maximum absolute atomic E-state index is 3.17. The fourth-order valence-electron chi connectivity index (χ4n) is 1.36. The van der Waals surface area contributed by atoms with Crippen LogP contribution in [0.1, 0.15) is 38.3 Å². The third kappa shape index (κ3) is 4.94. The zero-order valence-corrected chi connectivity index (χ0v) is 9.27. The molecule has 0 aliphatic rings. The van der Waals surface area contributed by atoms with Gasteiger partial charge in [0.25, 0.3) is 0 Å². The van der Waals surface area contributed by atoms with Crippen molar-refractivity contribution in [1.29, 1.82) is 0 Å². The van der Waals surface area contributed by atoms with E-state index < -0.39 is 0 Å². The van der Waals surface area contributed by atoms with E-state index >= 15 is 0 Å². The molecule has 0 atom stereocenters. The van der Waals surface area contributed by atoms with E-state index in [1.807, 2.05) is 6.33 Å². The van der Waals surface area contributed by atoms with Gasteiger partial charge < -0.3 is 12.4 Å². The first-order valence-corrected chi connectivity index (χ1v) is 4.87. The second-order valence-electron chi connectivity index (χ2n) is 3.38. The molecule has 0 aliphatic carbocycles. The van der Waals surface area contributed by atoms with E-state index in [1.54, 1.807) is 0 Å². The lowest BCUT2D eigenvalue weighted by molar-refractivity contribution is -0.696. The Morgan fingerprint density at radius 2 is 2.08 bits per heavy atom. The molecule has 0 amide bonds. The predicted molar refractivity (Wildman–Crippen MR) is 49.9 cm³/mol. The smallest absolute Gasteiger partial charge is 0.241 e. The van der Waals surface area contributed by atoms with Gasteiger partial charge in [0, 0.05) is 6.92 Å². The van der Waals surface area contributed by atoms with E-state index in [2.05, 4.69) is 29.6 Å². The molecule has 1 N–H and O–H groups in total. The number of H-pyrrole nitrogens is 1. The van der Waals surface area contributed by atoms with Gasteiger partial charge in [-0.15, -0.1) is 0 Å². The van der Waals surface area contributed by atoms with Gasteiger partial charge in [-0.3, -0.25) is 0 Å². The quantitative estimate of drug-likeness (QED) is 0.477. The topological polar surface area (TPSA) is 19.7 Å². The third-order valence-corrected chi connectivity index (χ3v) is 2.09. The summed E-state index contributed by atoms with van der Waals surface area (Å²) in [6.07, 6.45) is 9.54. The second-order valence-corrected chi connectivity index (χ2v) is 3.38. The summed E-state index contributed by atoms with van der Waals surface area (Å²) in [7, 11) is 0. The number of halogens is 1. The first-order chi connectivity index (χ1) is 5.83. The van der Waals surface area contributed by atoms with Gasteiger partial charge in [0.2, 0.25) is 6.33 Å². The molecule has 3 heteroatoms. The number of aromatic nitrogens is 2. The Morgan fingerprint density at radius 1 is 1.31 bits per heavy atom. The Morgan fingerprint density at radius 3 is 2.62 bits per heavy atom. The van der Waals surface area contributed by atoms with E-state index in [-0.39, 0.29) is 12.4 Å². The van der Waals surface area contributed by atoms with E-state index in [4.69, 9.17) is 0 Å². The van der Waals surface area contributed by atoms with Gasteiger partial charge in [0.15, 0.2) is 0 Å². The number of nitrogens with zero attached hydrogens (tertiary/aromatic N) is 1. The van der Waals surface area contributed by atoms with E-state index in [9.17, 15) is 0 Å². The number of aryl methyl sites for hydroxylation is 2. The van der Waals surface area contributed by atoms with Gasteiger partial charge in [0.1, 0.15) is 11.9 Å². The molecule has 0 bridgehead atoms. The lowest BCUT2D eigenvalue weighted by atomic mass is 10.2. The molecule has 2 nitrogen and oxygen atoms in total. The van der Waals surface area contributed by atoms with Gasteiger partial charge in [-0.05, 0) is 12.8 Å². The molecule has 0 saturated heterocycles. The van der Waals surface area contributed by atoms with Crippen LogP contribution >= 0.6 is 0 Å². The van der Waals surface area contributed by atoms with Gasteiger partial charge in [-0.2, -0.15) is 0 Å². The molecular weight excluding hydrogens is 184 g/mol. The molecule has 0 saturated carbocycles. The second kappa shape index (κ2) is 6.96. The van der Waals surface area contributed by atoms with Crippen molar-refractivity contribution in [3.63, 3.8) is 0 Å². The molecular formula is C10H19ClN2. The molecule has 76 valence electrons. The first kappa shape index (κ1) is 12.5. The van der Waals surface area contributed by atoms with Crippen molar-refractivity contribution < 1.29 is 17.0 Å². The summed E-state index contributed by atoms with van der Waals surface area (Å²) >= 11 is 0. The molecule has 0 aromatic carbocycles. The number of imidazole rings is 1. The van der Waals surface area contributed by atoms with Crippen LogP contribution in [0.2, 0.25) is 0 Å². The number of unbranched alkanes of at least 4 members (excludes halogenated alkanes) is 3. The minimum atomic E-state index is 0. The van der Waals surface area contributed by atoms with Crippen molar-refractivity contribution in [3.8, 4) is 0 Å². The highest BCUT2D eigenvalue weighted by Crippen LogP contribution is 1.98. The SMILES string of the molecule is CCCCCC[n+]1c[nH]c(C)c1.[Cl-]. The molecule has 0 fully saturated rings. The maximum Gasteiger partial charge on any atom is 0.241 e. The Bertz CT molecular complexity index is 220. The van der Waals surface area contributed by atoms with Crippen molar-refractivity contribution in [2.24, 2.45) is 0 Å². The molecule has 0 unspecified atom stereocenters. The van der Waals surface area contributed by atoms with Crippen LogP contribution in [0.15, 0.2) is 12.5 Å². The predicted octanol–water partition coefficient (Wildman–Crippen LogP) is -0.805. The van der Waals surface area contributed by atoms with Crippen LogP contribution in [0.25, 0.3) is 0 Å². The summed E-state index contributed by atoms with van der Waals surface area (Å²) in [6, 6.07) is 0. The Labute approximate surface area is 86.8 Å². The van der Waals surface area contributed by atoms with E-state index in [0.717, 1.165) is 6.54 Å². The van der Waals surface area contributed by atoms with E-state index in [1.165, 1.54) is 31.4 Å². The van der Waals surface area contributed by atoms with Crippen LogP contribution in [-0.4, -0.2) is 4.98 Å². The summed E-state index contributed by atoms with van der Waals surface area (Å²) in [5.41, 5.74) is 1.24. The normalized spacial score (nSPS) is 9.69. The molecule has 0 aliphatic heterocycles. The number of hydrogen-bond donors (Lipinski definition) is 1. The van der Waals surface area contributed by atoms with Crippen LogP contribution in [0.3, 0.4) is 0 Å². The summed E-state index contributed by atoms with van der Waals surface area (Å²) in [5, 5.41) is 0. The Balaban J connectivity index is 0.00000144. The van der Waals surface area contributed by atoms with Crippen molar-refractivity contribution in [2.45, 2.75) is 46.1 Å². The maximum atomic E-state index is 3.17. The number of hydrogen-bond acceptors (Lipinski definition) is 0. The van der Waals surface area contributed by atoms with Gasteiger partial charge in [-0.25, -0.2) is 9.55 Å². The lowest BCUT2D eigenvalue weighted by Crippen LogP contribution is -3.00. The Hall–Kier alpha value is -0.500. The highest BCUT2D eigenvalue weighted by Gasteiger charge is 1.99. The molecule has 13 heavy (non-hydrogen) atoms. The number of aromatic amines is 1. The molecule has 0 spiro atoms. The monoisotopic (exact) mass is 202 g/mol. The summed E-state index contributed by atoms with van der Waals surface area (Å²) in [6.45, 7) is 5.49. The first-order valence-electron chi connectivity index (χ1n) is 4.87. The van der Waals surface area contributed by atoms with E-state index in [0.29, 0.717) is 0 Å². The zero-order valence-electron chi connectivity index (χ0n) is 8.52. The standard InChI is InChI=1S/C10H18N2.ClH/c1-3-4-5-6-7-12-8-10(2)11-9-12;/h8-9H,3-7H2,1-2H3;1H. The number of nitrogens with one attached hydrogen (secondary N) is 1. The molecule has 1 heterocycles. The van der Waals surface area contributed by atoms with Crippen molar-refractivity contribution in [2.75, 3.05) is 0 Å². The van der Waals surface area contributed by atoms with Gasteiger partial charge in [-0.1, -0.05) is 19.8 Å². The van der Waals surface area contributed by atoms with Crippen molar-refractivity contribution in [3.05, 3.63) is 18.2 Å². The fourth-order valence-corrected chi connectivity index (χ4v) is 1.36. The van der Waals surface area contributed by atoms with Gasteiger partial charge in [0.05, 0.1) is 6.54 Å². The van der Waals surface area contributed by atoms with Crippen LogP contribution in [0.4, 0.5) is 0 Å². The highest BCUT2D eigenvalue weighted by atomic mass is 35.5. The largest absolute Gasteiger partial charge is 1.00 e. The zero-order chi connectivity index (χ0) is 8.81. The third-order valence-electron chi connectivity index (χ3n) is 2.09. The average Bonchev–Trinajstić information content (AvgIpc) is 2.45. The van der Waals surface area contributed by atoms with Crippen LogP contribution in [0.5, 0.6) is 0 Å². The average molecular weight is 203 g/mol. The lowest BCUT2D eigenvalue weighted by Gasteiger charge is -1.95. The van der Waals surface area contributed by atoms with Gasteiger partial charge >= 0.3 is 0 Å². The van der Waals surface area contributed by atoms with Crippen LogP contribution < -0.4 is 17.0 Å². The minimum absolute atomic E-state index is 0. The number of rotatable bonds is 5. The Kier molecular flexibility index (Phi) is 6.69. The highest BCUT2D eigenvalue weighted by molar-refractivity contribution is 4.82. The summed E-state index contributed by atoms with van der Waals surface area (Å²) in [5.74, 6) is 0.